The molecule has 0 amide bonds. The summed E-state index contributed by atoms with van der Waals surface area (Å²) in [6, 6.07) is 47.7. The highest BCUT2D eigenvalue weighted by atomic mass is 16.5. The Bertz CT molecular complexity index is 2910. The lowest BCUT2D eigenvalue weighted by atomic mass is 10.00. The molecule has 0 atom stereocenters. The van der Waals surface area contributed by atoms with Crippen LogP contribution in [0.1, 0.15) is 11.1 Å². The van der Waals surface area contributed by atoms with Crippen molar-refractivity contribution in [2.45, 2.75) is 13.8 Å². The topological polar surface area (TPSA) is 54.1 Å². The molecular formula is C50H38N4O2. The van der Waals surface area contributed by atoms with Crippen molar-refractivity contribution < 1.29 is 9.47 Å². The number of rotatable bonds is 7. The van der Waals surface area contributed by atoms with Crippen LogP contribution in [0.5, 0.6) is 11.5 Å². The summed E-state index contributed by atoms with van der Waals surface area (Å²) in [4.78, 5) is 9.34. The third-order valence-electron chi connectivity index (χ3n) is 11.0. The molecule has 270 valence electrons. The maximum atomic E-state index is 5.58. The van der Waals surface area contributed by atoms with E-state index in [-0.39, 0.29) is 0 Å². The molecule has 0 spiro atoms. The minimum atomic E-state index is 0.854. The number of aryl methyl sites for hydroxylation is 2. The number of nitrogens with zero attached hydrogens (tertiary/aromatic N) is 4. The molecule has 56 heavy (non-hydrogen) atoms. The average Bonchev–Trinajstić information content (AvgIpc) is 3.74. The Morgan fingerprint density at radius 1 is 0.357 bits per heavy atom. The van der Waals surface area contributed by atoms with Crippen LogP contribution in [0.2, 0.25) is 0 Å². The van der Waals surface area contributed by atoms with Gasteiger partial charge < -0.3 is 18.6 Å². The first-order chi connectivity index (χ1) is 27.4. The standard InChI is InChI=1S/C50H38N4O2/c1-31-5-17-47-43(21-31)45-25-41(55-3)15-19-49(45)53(47)39-11-7-33(8-12-39)35-23-37(29-51-27-35)38-24-36(28-52-30-38)34-9-13-40(14-10-34)54-48-18-6-32(2)22-44(48)46-26-42(56-4)16-20-50(46)54/h5-30H,1-4H3. The predicted molar refractivity (Wildman–Crippen MR) is 230 cm³/mol. The zero-order valence-electron chi connectivity index (χ0n) is 31.6. The van der Waals surface area contributed by atoms with Crippen LogP contribution in [-0.2, 0) is 0 Å². The van der Waals surface area contributed by atoms with Crippen LogP contribution in [0.25, 0.3) is 88.4 Å². The van der Waals surface area contributed by atoms with Crippen molar-refractivity contribution in [1.82, 2.24) is 19.1 Å². The van der Waals surface area contributed by atoms with Crippen LogP contribution in [0.3, 0.4) is 0 Å². The van der Waals surface area contributed by atoms with E-state index in [4.69, 9.17) is 9.47 Å². The van der Waals surface area contributed by atoms with E-state index < -0.39 is 0 Å². The Balaban J connectivity index is 0.956. The van der Waals surface area contributed by atoms with Crippen molar-refractivity contribution in [1.29, 1.82) is 0 Å². The first-order valence-corrected chi connectivity index (χ1v) is 18.8. The molecule has 0 radical (unpaired) electrons. The molecule has 0 aliphatic carbocycles. The molecule has 6 heteroatoms. The van der Waals surface area contributed by atoms with Crippen molar-refractivity contribution in [3.63, 3.8) is 0 Å². The van der Waals surface area contributed by atoms with Gasteiger partial charge in [-0.05, 0) is 122 Å². The highest BCUT2D eigenvalue weighted by Crippen LogP contribution is 2.38. The molecular weight excluding hydrogens is 689 g/mol. The monoisotopic (exact) mass is 726 g/mol. The van der Waals surface area contributed by atoms with Crippen molar-refractivity contribution in [2.24, 2.45) is 0 Å². The first kappa shape index (κ1) is 33.4. The van der Waals surface area contributed by atoms with Crippen LogP contribution >= 0.6 is 0 Å². The Kier molecular flexibility index (Phi) is 7.92. The molecule has 6 aromatic carbocycles. The first-order valence-electron chi connectivity index (χ1n) is 18.8. The second-order valence-electron chi connectivity index (χ2n) is 14.5. The number of methoxy groups -OCH3 is 2. The van der Waals surface area contributed by atoms with Crippen LogP contribution in [0.4, 0.5) is 0 Å². The van der Waals surface area contributed by atoms with Crippen LogP contribution in [0.15, 0.2) is 158 Å². The lowest BCUT2D eigenvalue weighted by Gasteiger charge is -2.11. The molecule has 4 aromatic heterocycles. The summed E-state index contributed by atoms with van der Waals surface area (Å²) >= 11 is 0. The second-order valence-corrected chi connectivity index (χ2v) is 14.5. The molecule has 4 heterocycles. The number of fused-ring (bicyclic) bond motifs is 6. The second kappa shape index (κ2) is 13.3. The van der Waals surface area contributed by atoms with E-state index in [0.29, 0.717) is 0 Å². The molecule has 10 aromatic rings. The van der Waals surface area contributed by atoms with Gasteiger partial charge >= 0.3 is 0 Å². The molecule has 0 N–H and O–H groups in total. The van der Waals surface area contributed by atoms with Crippen molar-refractivity contribution in [3.05, 3.63) is 169 Å². The zero-order valence-corrected chi connectivity index (χ0v) is 31.6. The molecule has 0 saturated heterocycles. The van der Waals surface area contributed by atoms with Crippen LogP contribution in [-0.4, -0.2) is 33.3 Å². The molecule has 0 aliphatic rings. The molecule has 0 fully saturated rings. The zero-order chi connectivity index (χ0) is 37.9. The maximum Gasteiger partial charge on any atom is 0.119 e. The fourth-order valence-corrected chi connectivity index (χ4v) is 8.16. The number of pyridine rings is 2. The van der Waals surface area contributed by atoms with Gasteiger partial charge in [-0.2, -0.15) is 0 Å². The van der Waals surface area contributed by atoms with E-state index in [0.717, 1.165) is 67.3 Å². The summed E-state index contributed by atoms with van der Waals surface area (Å²) in [5, 5.41) is 4.78. The summed E-state index contributed by atoms with van der Waals surface area (Å²) in [7, 11) is 3.43. The van der Waals surface area contributed by atoms with Gasteiger partial charge in [-0.3, -0.25) is 9.97 Å². The summed E-state index contributed by atoms with van der Waals surface area (Å²) in [5.41, 5.74) is 15.6. The highest BCUT2D eigenvalue weighted by Gasteiger charge is 2.16. The van der Waals surface area contributed by atoms with E-state index in [1.165, 1.54) is 43.7 Å². The van der Waals surface area contributed by atoms with Gasteiger partial charge in [0.05, 0.1) is 36.3 Å². The Hall–Kier alpha value is -7.18. The normalized spacial score (nSPS) is 11.6. The van der Waals surface area contributed by atoms with Crippen LogP contribution in [0, 0.1) is 13.8 Å². The van der Waals surface area contributed by atoms with Gasteiger partial charge in [0.15, 0.2) is 0 Å². The van der Waals surface area contributed by atoms with E-state index >= 15 is 0 Å². The Labute approximate surface area is 324 Å². The lowest BCUT2D eigenvalue weighted by molar-refractivity contribution is 0.415. The predicted octanol–water partition coefficient (Wildman–Crippen LogP) is 12.3. The van der Waals surface area contributed by atoms with Gasteiger partial charge in [-0.25, -0.2) is 0 Å². The number of hydrogen-bond acceptors (Lipinski definition) is 4. The molecule has 0 aliphatic heterocycles. The van der Waals surface area contributed by atoms with Gasteiger partial charge in [-0.1, -0.05) is 47.5 Å². The van der Waals surface area contributed by atoms with E-state index in [2.05, 4.69) is 154 Å². The number of hydrogen-bond donors (Lipinski definition) is 0. The molecule has 0 unspecified atom stereocenters. The van der Waals surface area contributed by atoms with Gasteiger partial charge in [0.25, 0.3) is 0 Å². The third-order valence-corrected chi connectivity index (χ3v) is 11.0. The molecule has 0 bridgehead atoms. The van der Waals surface area contributed by atoms with Crippen molar-refractivity contribution >= 4 is 43.6 Å². The summed E-state index contributed by atoms with van der Waals surface area (Å²) < 4.78 is 15.8. The van der Waals surface area contributed by atoms with Gasteiger partial charge in [0.2, 0.25) is 0 Å². The van der Waals surface area contributed by atoms with E-state index in [9.17, 15) is 0 Å². The smallest absolute Gasteiger partial charge is 0.119 e. The van der Waals surface area contributed by atoms with E-state index in [1.54, 1.807) is 14.2 Å². The van der Waals surface area contributed by atoms with Crippen molar-refractivity contribution in [3.8, 4) is 56.3 Å². The number of ether oxygens (including phenoxy) is 2. The van der Waals surface area contributed by atoms with Crippen molar-refractivity contribution in [2.75, 3.05) is 14.2 Å². The average molecular weight is 727 g/mol. The Morgan fingerprint density at radius 3 is 1.07 bits per heavy atom. The molecule has 6 nitrogen and oxygen atoms in total. The fourth-order valence-electron chi connectivity index (χ4n) is 8.16. The summed E-state index contributed by atoms with van der Waals surface area (Å²) in [5.74, 6) is 1.71. The minimum Gasteiger partial charge on any atom is -0.497 e. The third kappa shape index (κ3) is 5.57. The number of aromatic nitrogens is 4. The minimum absolute atomic E-state index is 0.854. The lowest BCUT2D eigenvalue weighted by Crippen LogP contribution is -1.94. The highest BCUT2D eigenvalue weighted by molar-refractivity contribution is 6.11. The van der Waals surface area contributed by atoms with Gasteiger partial charge in [-0.15, -0.1) is 0 Å². The largest absolute Gasteiger partial charge is 0.497 e. The summed E-state index contributed by atoms with van der Waals surface area (Å²) in [6.07, 6.45) is 7.68. The number of benzene rings is 6. The summed E-state index contributed by atoms with van der Waals surface area (Å²) in [6.45, 7) is 4.27. The SMILES string of the molecule is COc1ccc2c(c1)c1cc(C)ccc1n2-c1ccc(-c2cncc(-c3cncc(-c4ccc(-n5c6ccc(C)cc6c6cc(OC)ccc65)cc4)c3)c2)cc1. The fraction of sp³-hybridized carbons (Fsp3) is 0.0800. The quantitative estimate of drug-likeness (QED) is 0.164. The maximum absolute atomic E-state index is 5.58. The Morgan fingerprint density at radius 2 is 0.696 bits per heavy atom. The van der Waals surface area contributed by atoms with Gasteiger partial charge in [0, 0.05) is 80.0 Å². The van der Waals surface area contributed by atoms with E-state index in [1.807, 2.05) is 36.9 Å². The van der Waals surface area contributed by atoms with Crippen LogP contribution < -0.4 is 9.47 Å². The molecule has 0 saturated carbocycles. The molecule has 10 rings (SSSR count). The van der Waals surface area contributed by atoms with Gasteiger partial charge in [0.1, 0.15) is 11.5 Å².